The number of hydrogen-bond acceptors (Lipinski definition) is 1. The van der Waals surface area contributed by atoms with Gasteiger partial charge in [0, 0.05) is 18.4 Å². The summed E-state index contributed by atoms with van der Waals surface area (Å²) in [5, 5.41) is 2.94. The molecule has 0 bridgehead atoms. The molecule has 1 unspecified atom stereocenters. The Morgan fingerprint density at radius 3 is 2.47 bits per heavy atom. The van der Waals surface area contributed by atoms with E-state index >= 15 is 0 Å². The summed E-state index contributed by atoms with van der Waals surface area (Å²) in [4.78, 5) is 11.3. The molecule has 1 atom stereocenters. The number of hydrogen-bond donors (Lipinski definition) is 1. The van der Waals surface area contributed by atoms with Crippen LogP contribution in [0.2, 0.25) is 0 Å². The van der Waals surface area contributed by atoms with Crippen molar-refractivity contribution in [1.82, 2.24) is 5.32 Å². The minimum Gasteiger partial charge on any atom is -0.355 e. The molecule has 80 valence electrons. The van der Waals surface area contributed by atoms with Crippen LogP contribution in [-0.4, -0.2) is 12.5 Å². The molecule has 0 aliphatic carbocycles. The maximum Gasteiger partial charge on any atom is 0.220 e. The van der Waals surface area contributed by atoms with Gasteiger partial charge in [0.2, 0.25) is 5.91 Å². The number of amides is 1. The van der Waals surface area contributed by atoms with Gasteiger partial charge in [-0.3, -0.25) is 4.79 Å². The molecule has 1 aliphatic heterocycles. The lowest BCUT2D eigenvalue weighted by atomic mass is 9.77. The van der Waals surface area contributed by atoms with E-state index in [2.05, 4.69) is 43.4 Å². The number of rotatable bonds is 2. The number of aryl methyl sites for hydroxylation is 1. The fraction of sp³-hybridized carbons (Fsp3) is 0.462. The van der Waals surface area contributed by atoms with Crippen molar-refractivity contribution >= 4 is 5.91 Å². The van der Waals surface area contributed by atoms with Crippen LogP contribution in [0.25, 0.3) is 0 Å². The van der Waals surface area contributed by atoms with Gasteiger partial charge in [-0.1, -0.05) is 36.8 Å². The Morgan fingerprint density at radius 1 is 1.33 bits per heavy atom. The molecular weight excluding hydrogens is 186 g/mol. The van der Waals surface area contributed by atoms with Crippen molar-refractivity contribution in [3.05, 3.63) is 35.4 Å². The fourth-order valence-corrected chi connectivity index (χ4v) is 2.27. The highest BCUT2D eigenvalue weighted by Crippen LogP contribution is 2.34. The summed E-state index contributed by atoms with van der Waals surface area (Å²) in [6.07, 6.45) is 1.64. The summed E-state index contributed by atoms with van der Waals surface area (Å²) < 4.78 is 0. The van der Waals surface area contributed by atoms with E-state index in [1.54, 1.807) is 0 Å². The lowest BCUT2D eigenvalue weighted by molar-refractivity contribution is -0.119. The lowest BCUT2D eigenvalue weighted by Crippen LogP contribution is -2.27. The van der Waals surface area contributed by atoms with E-state index in [9.17, 15) is 4.79 Å². The first-order chi connectivity index (χ1) is 7.16. The smallest absolute Gasteiger partial charge is 0.220 e. The molecule has 2 nitrogen and oxygen atoms in total. The summed E-state index contributed by atoms with van der Waals surface area (Å²) in [6.45, 7) is 5.02. The number of nitrogens with one attached hydrogen (secondary N) is 1. The molecule has 0 saturated carbocycles. The third-order valence-corrected chi connectivity index (χ3v) is 3.46. The highest BCUT2D eigenvalue weighted by atomic mass is 16.1. The van der Waals surface area contributed by atoms with Gasteiger partial charge in [0.1, 0.15) is 0 Å². The van der Waals surface area contributed by atoms with E-state index < -0.39 is 0 Å². The van der Waals surface area contributed by atoms with Gasteiger partial charge in [0.15, 0.2) is 0 Å². The van der Waals surface area contributed by atoms with Crippen molar-refractivity contribution < 1.29 is 4.79 Å². The van der Waals surface area contributed by atoms with Crippen LogP contribution in [0.4, 0.5) is 0 Å². The molecule has 1 aromatic carbocycles. The molecule has 1 heterocycles. The van der Waals surface area contributed by atoms with Gasteiger partial charge < -0.3 is 5.32 Å². The second kappa shape index (κ2) is 3.69. The van der Waals surface area contributed by atoms with Crippen LogP contribution in [0, 0.1) is 6.92 Å². The first-order valence-electron chi connectivity index (χ1n) is 5.50. The Morgan fingerprint density at radius 2 is 2.00 bits per heavy atom. The van der Waals surface area contributed by atoms with E-state index in [0.29, 0.717) is 6.42 Å². The molecule has 15 heavy (non-hydrogen) atoms. The molecule has 1 aliphatic rings. The van der Waals surface area contributed by atoms with Crippen LogP contribution < -0.4 is 5.32 Å². The molecule has 1 amide bonds. The topological polar surface area (TPSA) is 29.1 Å². The molecule has 2 heteroatoms. The highest BCUT2D eigenvalue weighted by Gasteiger charge is 2.38. The first-order valence-corrected chi connectivity index (χ1v) is 5.50. The average Bonchev–Trinajstić information content (AvgIpc) is 2.62. The predicted octanol–water partition coefficient (Wildman–Crippen LogP) is 2.16. The van der Waals surface area contributed by atoms with Gasteiger partial charge in [-0.25, -0.2) is 0 Å². The third-order valence-electron chi connectivity index (χ3n) is 3.46. The van der Waals surface area contributed by atoms with Crippen LogP contribution in [0.3, 0.4) is 0 Å². The summed E-state index contributed by atoms with van der Waals surface area (Å²) in [5.41, 5.74) is 2.58. The van der Waals surface area contributed by atoms with Crippen LogP contribution in [0.5, 0.6) is 0 Å². The van der Waals surface area contributed by atoms with Crippen LogP contribution in [0.1, 0.15) is 30.9 Å². The van der Waals surface area contributed by atoms with Crippen molar-refractivity contribution in [3.8, 4) is 0 Å². The molecule has 0 radical (unpaired) electrons. The van der Waals surface area contributed by atoms with Crippen molar-refractivity contribution in [2.75, 3.05) is 6.54 Å². The summed E-state index contributed by atoms with van der Waals surface area (Å²) >= 11 is 0. The van der Waals surface area contributed by atoms with E-state index in [1.807, 2.05) is 0 Å². The molecule has 1 aromatic rings. The van der Waals surface area contributed by atoms with E-state index in [1.165, 1.54) is 11.1 Å². The fourth-order valence-electron chi connectivity index (χ4n) is 2.27. The maximum absolute atomic E-state index is 11.3. The Hall–Kier alpha value is -1.31. The minimum atomic E-state index is 0.0325. The highest BCUT2D eigenvalue weighted by molar-refractivity contribution is 5.80. The maximum atomic E-state index is 11.3. The van der Waals surface area contributed by atoms with Gasteiger partial charge in [-0.05, 0) is 18.9 Å². The molecule has 1 fully saturated rings. The Kier molecular flexibility index (Phi) is 2.51. The minimum absolute atomic E-state index is 0.0325. The predicted molar refractivity (Wildman–Crippen MR) is 60.8 cm³/mol. The van der Waals surface area contributed by atoms with Gasteiger partial charge in [0.05, 0.1) is 0 Å². The van der Waals surface area contributed by atoms with Crippen LogP contribution in [-0.2, 0) is 10.2 Å². The molecule has 1 saturated heterocycles. The zero-order chi connectivity index (χ0) is 10.9. The number of carbonyl (C=O) groups is 1. The summed E-state index contributed by atoms with van der Waals surface area (Å²) in [6, 6.07) is 8.54. The molecule has 1 N–H and O–H groups in total. The van der Waals surface area contributed by atoms with E-state index in [4.69, 9.17) is 0 Å². The van der Waals surface area contributed by atoms with E-state index in [-0.39, 0.29) is 11.3 Å². The summed E-state index contributed by atoms with van der Waals surface area (Å²) in [7, 11) is 0. The van der Waals surface area contributed by atoms with Gasteiger partial charge in [0.25, 0.3) is 0 Å². The zero-order valence-electron chi connectivity index (χ0n) is 9.34. The normalized spacial score (nSPS) is 25.3. The third kappa shape index (κ3) is 1.76. The van der Waals surface area contributed by atoms with Crippen molar-refractivity contribution in [2.45, 2.75) is 32.1 Å². The lowest BCUT2D eigenvalue weighted by Gasteiger charge is -2.26. The second-order valence-electron chi connectivity index (χ2n) is 4.45. The Labute approximate surface area is 90.7 Å². The van der Waals surface area contributed by atoms with Gasteiger partial charge in [-0.15, -0.1) is 0 Å². The quantitative estimate of drug-likeness (QED) is 0.784. The monoisotopic (exact) mass is 203 g/mol. The van der Waals surface area contributed by atoms with Crippen LogP contribution in [0.15, 0.2) is 24.3 Å². The summed E-state index contributed by atoms with van der Waals surface area (Å²) in [5.74, 6) is 0.178. The Balaban J connectivity index is 2.34. The molecule has 0 spiro atoms. The largest absolute Gasteiger partial charge is 0.355 e. The number of benzene rings is 1. The first kappa shape index (κ1) is 10.2. The van der Waals surface area contributed by atoms with Gasteiger partial charge >= 0.3 is 0 Å². The zero-order valence-corrected chi connectivity index (χ0v) is 9.34. The molecule has 2 rings (SSSR count). The van der Waals surface area contributed by atoms with Gasteiger partial charge in [-0.2, -0.15) is 0 Å². The SMILES string of the molecule is CCC1(c2ccc(C)cc2)CNC(=O)C1. The molecule has 0 aromatic heterocycles. The van der Waals surface area contributed by atoms with Crippen molar-refractivity contribution in [2.24, 2.45) is 0 Å². The van der Waals surface area contributed by atoms with E-state index in [0.717, 1.165) is 13.0 Å². The van der Waals surface area contributed by atoms with Crippen LogP contribution >= 0.6 is 0 Å². The Bertz CT molecular complexity index is 369. The van der Waals surface area contributed by atoms with Crippen molar-refractivity contribution in [3.63, 3.8) is 0 Å². The average molecular weight is 203 g/mol. The second-order valence-corrected chi connectivity index (χ2v) is 4.45. The molecular formula is C13H17NO. The van der Waals surface area contributed by atoms with Crippen molar-refractivity contribution in [1.29, 1.82) is 0 Å². The standard InChI is InChI=1S/C13H17NO/c1-3-13(8-12(15)14-9-13)11-6-4-10(2)5-7-11/h4-7H,3,8-9H2,1-2H3,(H,14,15). The number of carbonyl (C=O) groups excluding carboxylic acids is 1.